The first-order valence-corrected chi connectivity index (χ1v) is 8.11. The zero-order valence-corrected chi connectivity index (χ0v) is 13.9. The lowest BCUT2D eigenvalue weighted by Crippen LogP contribution is -2.39. The van der Waals surface area contributed by atoms with Gasteiger partial charge in [0, 0.05) is 23.3 Å². The minimum absolute atomic E-state index is 0.113. The number of amides is 2. The van der Waals surface area contributed by atoms with Crippen LogP contribution in [0.4, 0.5) is 10.5 Å². The highest BCUT2D eigenvalue weighted by atomic mass is 79.9. The minimum atomic E-state index is -1.01. The van der Waals surface area contributed by atoms with Gasteiger partial charge < -0.3 is 15.3 Å². The molecule has 0 aliphatic carbocycles. The van der Waals surface area contributed by atoms with Crippen LogP contribution in [0.5, 0.6) is 0 Å². The maximum absolute atomic E-state index is 12.1. The molecule has 0 aromatic heterocycles. The van der Waals surface area contributed by atoms with Crippen LogP contribution in [0.3, 0.4) is 0 Å². The second-order valence-electron chi connectivity index (χ2n) is 4.35. The maximum atomic E-state index is 12.1. The number of halogens is 1. The van der Waals surface area contributed by atoms with Crippen LogP contribution in [0.25, 0.3) is 0 Å². The molecule has 1 aromatic rings. The maximum Gasteiger partial charge on any atom is 0.335 e. The smallest absolute Gasteiger partial charge is 0.335 e. The number of carbonyl (C=O) groups is 2. The first-order chi connectivity index (χ1) is 9.36. The van der Waals surface area contributed by atoms with E-state index in [1.807, 2.05) is 13.2 Å². The molecule has 0 aliphatic heterocycles. The Hall–Kier alpha value is -1.21. The number of rotatable bonds is 5. The monoisotopic (exact) mass is 360 g/mol. The van der Waals surface area contributed by atoms with Gasteiger partial charge in [-0.2, -0.15) is 11.8 Å². The normalized spacial score (nSPS) is 11.8. The average Bonchev–Trinajstić information content (AvgIpc) is 2.40. The highest BCUT2D eigenvalue weighted by Gasteiger charge is 2.16. The van der Waals surface area contributed by atoms with Gasteiger partial charge in [0.05, 0.1) is 11.3 Å². The van der Waals surface area contributed by atoms with Crippen molar-refractivity contribution >= 4 is 45.4 Å². The molecule has 0 fully saturated rings. The van der Waals surface area contributed by atoms with Crippen LogP contribution in [-0.4, -0.2) is 47.1 Å². The Labute approximate surface area is 130 Å². The van der Waals surface area contributed by atoms with Gasteiger partial charge in [-0.1, -0.05) is 0 Å². The number of aromatic carboxylic acids is 1. The molecule has 0 saturated heterocycles. The van der Waals surface area contributed by atoms with Gasteiger partial charge in [0.2, 0.25) is 0 Å². The molecule has 1 unspecified atom stereocenters. The summed E-state index contributed by atoms with van der Waals surface area (Å²) in [5.74, 6) is -0.155. The van der Waals surface area contributed by atoms with E-state index >= 15 is 0 Å². The number of urea groups is 1. The number of carboxylic acid groups (broad SMARTS) is 1. The topological polar surface area (TPSA) is 69.6 Å². The number of nitrogens with zero attached hydrogens (tertiary/aromatic N) is 1. The molecule has 1 aromatic carbocycles. The lowest BCUT2D eigenvalue weighted by Gasteiger charge is -2.24. The second-order valence-corrected chi connectivity index (χ2v) is 6.11. The van der Waals surface area contributed by atoms with Crippen molar-refractivity contribution in [1.29, 1.82) is 0 Å². The molecule has 110 valence electrons. The second kappa shape index (κ2) is 7.54. The third-order valence-electron chi connectivity index (χ3n) is 2.85. The number of hydrogen-bond acceptors (Lipinski definition) is 3. The van der Waals surface area contributed by atoms with Crippen molar-refractivity contribution in [2.75, 3.05) is 24.4 Å². The molecular weight excluding hydrogens is 344 g/mol. The minimum Gasteiger partial charge on any atom is -0.478 e. The van der Waals surface area contributed by atoms with Crippen molar-refractivity contribution in [3.8, 4) is 0 Å². The quantitative estimate of drug-likeness (QED) is 0.844. The van der Waals surface area contributed by atoms with Gasteiger partial charge in [-0.25, -0.2) is 9.59 Å². The largest absolute Gasteiger partial charge is 0.478 e. The van der Waals surface area contributed by atoms with E-state index in [4.69, 9.17) is 5.11 Å². The molecule has 0 radical (unpaired) electrons. The highest BCUT2D eigenvalue weighted by Crippen LogP contribution is 2.24. The van der Waals surface area contributed by atoms with Crippen LogP contribution in [0.1, 0.15) is 17.3 Å². The third-order valence-corrected chi connectivity index (χ3v) is 4.32. The SMILES string of the molecule is CSCC(C)N(C)C(=O)Nc1ccc(C(=O)O)cc1Br. The fraction of sp³-hybridized carbons (Fsp3) is 0.385. The molecule has 1 rings (SSSR count). The van der Waals surface area contributed by atoms with Gasteiger partial charge in [0.1, 0.15) is 0 Å². The fourth-order valence-electron chi connectivity index (χ4n) is 1.51. The number of thioether (sulfide) groups is 1. The van der Waals surface area contributed by atoms with E-state index in [1.165, 1.54) is 12.1 Å². The van der Waals surface area contributed by atoms with Gasteiger partial charge in [-0.05, 0) is 47.3 Å². The summed E-state index contributed by atoms with van der Waals surface area (Å²) in [4.78, 5) is 24.5. The van der Waals surface area contributed by atoms with Crippen LogP contribution in [0.15, 0.2) is 22.7 Å². The average molecular weight is 361 g/mol. The number of anilines is 1. The van der Waals surface area contributed by atoms with Gasteiger partial charge in [-0.3, -0.25) is 0 Å². The number of nitrogens with one attached hydrogen (secondary N) is 1. The molecule has 1 atom stereocenters. The van der Waals surface area contributed by atoms with Gasteiger partial charge in [-0.15, -0.1) is 0 Å². The molecular formula is C13H17BrN2O3S. The zero-order valence-electron chi connectivity index (χ0n) is 11.5. The Morgan fingerprint density at radius 1 is 1.50 bits per heavy atom. The highest BCUT2D eigenvalue weighted by molar-refractivity contribution is 9.10. The molecule has 2 N–H and O–H groups in total. The predicted octanol–water partition coefficient (Wildman–Crippen LogP) is 3.36. The van der Waals surface area contributed by atoms with Gasteiger partial charge >= 0.3 is 12.0 Å². The van der Waals surface area contributed by atoms with E-state index < -0.39 is 5.97 Å². The van der Waals surface area contributed by atoms with Crippen LogP contribution in [0, 0.1) is 0 Å². The van der Waals surface area contributed by atoms with E-state index in [0.717, 1.165) is 5.75 Å². The Morgan fingerprint density at radius 3 is 2.65 bits per heavy atom. The summed E-state index contributed by atoms with van der Waals surface area (Å²) < 4.78 is 0.539. The van der Waals surface area contributed by atoms with E-state index in [-0.39, 0.29) is 17.6 Å². The fourth-order valence-corrected chi connectivity index (χ4v) is 2.69. The Bertz CT molecular complexity index is 510. The summed E-state index contributed by atoms with van der Waals surface area (Å²) in [5, 5.41) is 11.6. The molecule has 0 saturated carbocycles. The van der Waals surface area contributed by atoms with Crippen molar-refractivity contribution in [1.82, 2.24) is 4.90 Å². The van der Waals surface area contributed by atoms with Crippen molar-refractivity contribution < 1.29 is 14.7 Å². The molecule has 0 spiro atoms. The van der Waals surface area contributed by atoms with E-state index in [9.17, 15) is 9.59 Å². The molecule has 5 nitrogen and oxygen atoms in total. The molecule has 2 amide bonds. The number of carbonyl (C=O) groups excluding carboxylic acids is 1. The summed E-state index contributed by atoms with van der Waals surface area (Å²) in [6.07, 6.45) is 1.99. The van der Waals surface area contributed by atoms with Gasteiger partial charge in [0.15, 0.2) is 0 Å². The first-order valence-electron chi connectivity index (χ1n) is 5.92. The summed E-state index contributed by atoms with van der Waals surface area (Å²) in [7, 11) is 1.73. The Kier molecular flexibility index (Phi) is 6.35. The van der Waals surface area contributed by atoms with Crippen LogP contribution < -0.4 is 5.32 Å². The summed E-state index contributed by atoms with van der Waals surface area (Å²) in [5.41, 5.74) is 0.710. The van der Waals surface area contributed by atoms with E-state index in [0.29, 0.717) is 10.2 Å². The lowest BCUT2D eigenvalue weighted by atomic mass is 10.2. The number of carboxylic acids is 1. The van der Waals surface area contributed by atoms with Crippen LogP contribution in [0.2, 0.25) is 0 Å². The predicted molar refractivity (Wildman–Crippen MR) is 85.7 cm³/mol. The standard InChI is InChI=1S/C13H17BrN2O3S/c1-8(7-20-3)16(2)13(19)15-11-5-4-9(12(17)18)6-10(11)14/h4-6,8H,7H2,1-3H3,(H,15,19)(H,17,18). The van der Waals surface area contributed by atoms with Crippen molar-refractivity contribution in [3.05, 3.63) is 28.2 Å². The first kappa shape index (κ1) is 16.8. The summed E-state index contributed by atoms with van der Waals surface area (Å²) in [6.45, 7) is 1.97. The van der Waals surface area contributed by atoms with Crippen LogP contribution in [-0.2, 0) is 0 Å². The van der Waals surface area contributed by atoms with Crippen molar-refractivity contribution in [3.63, 3.8) is 0 Å². The van der Waals surface area contributed by atoms with Crippen molar-refractivity contribution in [2.24, 2.45) is 0 Å². The molecule has 7 heteroatoms. The van der Waals surface area contributed by atoms with E-state index in [2.05, 4.69) is 21.2 Å². The number of hydrogen-bond donors (Lipinski definition) is 2. The van der Waals surface area contributed by atoms with E-state index in [1.54, 1.807) is 29.8 Å². The Balaban J connectivity index is 2.78. The summed E-state index contributed by atoms with van der Waals surface area (Å²) in [6, 6.07) is 4.37. The van der Waals surface area contributed by atoms with Crippen LogP contribution >= 0.6 is 27.7 Å². The molecule has 0 bridgehead atoms. The molecule has 0 aliphatic rings. The lowest BCUT2D eigenvalue weighted by molar-refractivity contribution is 0.0697. The number of benzene rings is 1. The zero-order chi connectivity index (χ0) is 15.3. The third kappa shape index (κ3) is 4.42. The molecule has 20 heavy (non-hydrogen) atoms. The van der Waals surface area contributed by atoms with Gasteiger partial charge in [0.25, 0.3) is 0 Å². The van der Waals surface area contributed by atoms with Crippen molar-refractivity contribution in [2.45, 2.75) is 13.0 Å². The summed E-state index contributed by atoms with van der Waals surface area (Å²) >= 11 is 4.93. The Morgan fingerprint density at radius 2 is 2.15 bits per heavy atom. The molecule has 0 heterocycles.